The first-order chi connectivity index (χ1) is 34.4. The molecule has 350 valence electrons. The molecule has 0 unspecified atom stereocenters. The maximum Gasteiger partial charge on any atom is 0.137 e. The molecule has 1 aromatic heterocycles. The number of anilines is 12. The van der Waals surface area contributed by atoms with E-state index in [9.17, 15) is 0 Å². The van der Waals surface area contributed by atoms with Gasteiger partial charge in [-0.3, -0.25) is 4.90 Å². The lowest BCUT2D eigenvalue weighted by molar-refractivity contribution is 0.414. The summed E-state index contributed by atoms with van der Waals surface area (Å²) in [4.78, 5) is 13.9. The standard InChI is InChI=1S/C59H53N5O6/c1-65-53-28-15-44(16-29-53)61(45-17-30-54(66-2)31-18-45)42-7-11-50(12-8-42)64(51-13-9-43(10-14-51)62(46-19-32-55(67-3)33-20-46)47-21-34-56(68-4)35-22-47)59-40-27-52(41-60-59)63(48-23-36-57(69-5)37-24-48)49-25-38-58(70-6)39-26-49/h7-41H,1-6H3. The molecule has 0 N–H and O–H groups in total. The quantitative estimate of drug-likeness (QED) is 0.0825. The molecule has 8 aromatic carbocycles. The maximum absolute atomic E-state index is 5.51. The van der Waals surface area contributed by atoms with Gasteiger partial charge < -0.3 is 43.1 Å². The number of pyridine rings is 1. The molecule has 11 nitrogen and oxygen atoms in total. The molecule has 0 saturated heterocycles. The van der Waals surface area contributed by atoms with Gasteiger partial charge in [-0.15, -0.1) is 0 Å². The number of aromatic nitrogens is 1. The second-order valence-corrected chi connectivity index (χ2v) is 15.9. The van der Waals surface area contributed by atoms with E-state index >= 15 is 0 Å². The van der Waals surface area contributed by atoms with Crippen LogP contribution in [-0.4, -0.2) is 47.6 Å². The molecular weight excluding hydrogens is 875 g/mol. The van der Waals surface area contributed by atoms with Crippen molar-refractivity contribution >= 4 is 68.4 Å². The van der Waals surface area contributed by atoms with Crippen LogP contribution in [0.25, 0.3) is 0 Å². The van der Waals surface area contributed by atoms with Crippen molar-refractivity contribution in [1.29, 1.82) is 0 Å². The predicted molar refractivity (Wildman–Crippen MR) is 282 cm³/mol. The van der Waals surface area contributed by atoms with E-state index in [1.165, 1.54) is 0 Å². The van der Waals surface area contributed by atoms with E-state index in [1.54, 1.807) is 42.7 Å². The zero-order valence-corrected chi connectivity index (χ0v) is 39.9. The second kappa shape index (κ2) is 21.3. The smallest absolute Gasteiger partial charge is 0.137 e. The van der Waals surface area contributed by atoms with Crippen LogP contribution in [0.5, 0.6) is 34.5 Å². The molecule has 9 aromatic rings. The lowest BCUT2D eigenvalue weighted by atomic mass is 10.1. The van der Waals surface area contributed by atoms with Gasteiger partial charge in [0.05, 0.1) is 54.5 Å². The van der Waals surface area contributed by atoms with Gasteiger partial charge in [-0.05, 0) is 206 Å². The van der Waals surface area contributed by atoms with Crippen LogP contribution in [0.1, 0.15) is 0 Å². The molecule has 11 heteroatoms. The third-order valence-corrected chi connectivity index (χ3v) is 11.9. The summed E-state index contributed by atoms with van der Waals surface area (Å²) in [6.07, 6.45) is 1.91. The summed E-state index contributed by atoms with van der Waals surface area (Å²) in [5.41, 5.74) is 10.4. The molecule has 0 aliphatic heterocycles. The summed E-state index contributed by atoms with van der Waals surface area (Å²) in [6, 6.07) is 69.3. The number of benzene rings is 8. The van der Waals surface area contributed by atoms with Gasteiger partial charge in [-0.25, -0.2) is 4.98 Å². The van der Waals surface area contributed by atoms with Gasteiger partial charge in [0.15, 0.2) is 0 Å². The molecule has 0 bridgehead atoms. The number of rotatable bonds is 18. The number of hydrogen-bond acceptors (Lipinski definition) is 11. The molecule has 0 amide bonds. The van der Waals surface area contributed by atoms with E-state index in [0.29, 0.717) is 0 Å². The lowest BCUT2D eigenvalue weighted by Gasteiger charge is -2.30. The third kappa shape index (κ3) is 9.95. The Labute approximate surface area is 409 Å². The number of ether oxygens (including phenoxy) is 6. The molecule has 9 rings (SSSR count). The Bertz CT molecular complexity index is 2580. The first-order valence-electron chi connectivity index (χ1n) is 22.6. The Kier molecular flexibility index (Phi) is 14.0. The summed E-state index contributed by atoms with van der Waals surface area (Å²) < 4.78 is 33.1. The summed E-state index contributed by atoms with van der Waals surface area (Å²) in [7, 11) is 10.0. The van der Waals surface area contributed by atoms with Crippen LogP contribution in [0.4, 0.5) is 68.4 Å². The average Bonchev–Trinajstić information content (AvgIpc) is 3.43. The minimum absolute atomic E-state index is 0.720. The van der Waals surface area contributed by atoms with E-state index < -0.39 is 0 Å². The Morgan fingerprint density at radius 3 is 0.571 bits per heavy atom. The van der Waals surface area contributed by atoms with Crippen LogP contribution < -0.4 is 48.0 Å². The summed E-state index contributed by atoms with van der Waals surface area (Å²) in [5.74, 6) is 5.38. The summed E-state index contributed by atoms with van der Waals surface area (Å²) in [6.45, 7) is 0. The molecule has 0 radical (unpaired) electrons. The normalized spacial score (nSPS) is 10.7. The number of nitrogens with zero attached hydrogens (tertiary/aromatic N) is 5. The molecule has 0 saturated carbocycles. The van der Waals surface area contributed by atoms with Crippen molar-refractivity contribution in [3.8, 4) is 34.5 Å². The number of hydrogen-bond donors (Lipinski definition) is 0. The van der Waals surface area contributed by atoms with Crippen LogP contribution >= 0.6 is 0 Å². The van der Waals surface area contributed by atoms with Crippen molar-refractivity contribution in [2.45, 2.75) is 0 Å². The highest BCUT2D eigenvalue weighted by Gasteiger charge is 2.21. The van der Waals surface area contributed by atoms with Crippen LogP contribution in [0.3, 0.4) is 0 Å². The van der Waals surface area contributed by atoms with Crippen molar-refractivity contribution in [2.75, 3.05) is 62.3 Å². The van der Waals surface area contributed by atoms with Gasteiger partial charge in [0.25, 0.3) is 0 Å². The van der Waals surface area contributed by atoms with E-state index in [2.05, 4.69) is 129 Å². The minimum atomic E-state index is 0.720. The second-order valence-electron chi connectivity index (χ2n) is 15.9. The molecule has 0 fully saturated rings. The van der Waals surface area contributed by atoms with E-state index in [0.717, 1.165) is 103 Å². The highest BCUT2D eigenvalue weighted by atomic mass is 16.5. The number of methoxy groups -OCH3 is 6. The van der Waals surface area contributed by atoms with Crippen molar-refractivity contribution in [3.63, 3.8) is 0 Å². The zero-order valence-electron chi connectivity index (χ0n) is 39.9. The highest BCUT2D eigenvalue weighted by molar-refractivity contribution is 5.84. The third-order valence-electron chi connectivity index (χ3n) is 11.9. The Morgan fingerprint density at radius 2 is 0.386 bits per heavy atom. The largest absolute Gasteiger partial charge is 0.497 e. The Hall–Kier alpha value is -9.09. The van der Waals surface area contributed by atoms with Crippen LogP contribution in [-0.2, 0) is 0 Å². The van der Waals surface area contributed by atoms with Gasteiger partial charge >= 0.3 is 0 Å². The fourth-order valence-electron chi connectivity index (χ4n) is 8.29. The van der Waals surface area contributed by atoms with Crippen LogP contribution in [0.2, 0.25) is 0 Å². The molecule has 0 aliphatic carbocycles. The molecule has 0 spiro atoms. The lowest BCUT2D eigenvalue weighted by Crippen LogP contribution is -2.15. The maximum atomic E-state index is 5.51. The van der Waals surface area contributed by atoms with Crippen molar-refractivity contribution in [1.82, 2.24) is 4.98 Å². The van der Waals surface area contributed by atoms with Gasteiger partial charge in [0, 0.05) is 56.9 Å². The SMILES string of the molecule is COc1ccc(N(c2ccc(OC)cc2)c2ccc(N(c3ccc(N(c4ccc(OC)cc4)c4ccc(OC)cc4)cc3)c3ccc(N(c4ccc(OC)cc4)c4ccc(OC)cc4)cn3)cc2)cc1. The fourth-order valence-corrected chi connectivity index (χ4v) is 8.29. The molecule has 1 heterocycles. The highest BCUT2D eigenvalue weighted by Crippen LogP contribution is 2.43. The van der Waals surface area contributed by atoms with Gasteiger partial charge in [0.1, 0.15) is 40.3 Å². The van der Waals surface area contributed by atoms with Crippen molar-refractivity contribution in [2.24, 2.45) is 0 Å². The predicted octanol–water partition coefficient (Wildman–Crippen LogP) is 15.0. The topological polar surface area (TPSA) is 81.2 Å². The Balaban J connectivity index is 1.14. The summed E-state index contributed by atoms with van der Waals surface area (Å²) in [5, 5.41) is 0. The molecule has 70 heavy (non-hydrogen) atoms. The summed E-state index contributed by atoms with van der Waals surface area (Å²) >= 11 is 0. The average molecular weight is 928 g/mol. The van der Waals surface area contributed by atoms with Gasteiger partial charge in [0.2, 0.25) is 0 Å². The van der Waals surface area contributed by atoms with E-state index in [-0.39, 0.29) is 0 Å². The van der Waals surface area contributed by atoms with Gasteiger partial charge in [-0.2, -0.15) is 0 Å². The monoisotopic (exact) mass is 927 g/mol. The van der Waals surface area contributed by atoms with Crippen LogP contribution in [0, 0.1) is 0 Å². The molecule has 0 atom stereocenters. The van der Waals surface area contributed by atoms with E-state index in [4.69, 9.17) is 33.4 Å². The van der Waals surface area contributed by atoms with E-state index in [1.807, 2.05) is 103 Å². The van der Waals surface area contributed by atoms with Crippen molar-refractivity contribution < 1.29 is 28.4 Å². The fraction of sp³-hybridized carbons (Fsp3) is 0.102. The molecular formula is C59H53N5O6. The van der Waals surface area contributed by atoms with Crippen LogP contribution in [0.15, 0.2) is 212 Å². The first-order valence-corrected chi connectivity index (χ1v) is 22.6. The van der Waals surface area contributed by atoms with Gasteiger partial charge in [-0.1, -0.05) is 0 Å². The molecule has 0 aliphatic rings. The Morgan fingerprint density at radius 1 is 0.214 bits per heavy atom. The zero-order chi connectivity index (χ0) is 48.4. The minimum Gasteiger partial charge on any atom is -0.497 e. The first kappa shape index (κ1) is 46.0. The van der Waals surface area contributed by atoms with Crippen molar-refractivity contribution in [3.05, 3.63) is 212 Å².